The first-order valence-corrected chi connectivity index (χ1v) is 15.0. The number of ether oxygens (including phenoxy) is 2. The van der Waals surface area contributed by atoms with Crippen molar-refractivity contribution in [3.05, 3.63) is 167 Å². The minimum atomic E-state index is -1.10. The van der Waals surface area contributed by atoms with Crippen molar-refractivity contribution < 1.29 is 24.2 Å². The molecular weight excluding hydrogens is 576 g/mol. The zero-order valence-electron chi connectivity index (χ0n) is 24.8. The van der Waals surface area contributed by atoms with Gasteiger partial charge in [0.15, 0.2) is 5.60 Å². The minimum Gasteiger partial charge on any atom is -0.491 e. The van der Waals surface area contributed by atoms with Crippen LogP contribution in [0.5, 0.6) is 11.5 Å². The summed E-state index contributed by atoms with van der Waals surface area (Å²) >= 11 is 0. The standard InChI is InChI=1S/C39H30N2O5/c42-20-21-45-30-22-26(35-36(38(44)41-37(35)43)33-25-40-34-19-11-10-18-32(33)34)23-31(24-30)46-39(27-12-4-1-5-13-27,28-14-6-2-7-15-28)29-16-8-3-9-17-29/h1-19,22-25,40,42H,20-21H2,(H,41,43,44). The van der Waals surface area contributed by atoms with Gasteiger partial charge < -0.3 is 19.6 Å². The summed E-state index contributed by atoms with van der Waals surface area (Å²) in [6.45, 7) is -0.172. The van der Waals surface area contributed by atoms with E-state index in [1.807, 2.05) is 115 Å². The Morgan fingerprint density at radius 2 is 1.17 bits per heavy atom. The average Bonchev–Trinajstić information content (AvgIpc) is 3.66. The van der Waals surface area contributed by atoms with Crippen LogP contribution >= 0.6 is 0 Å². The molecule has 0 saturated heterocycles. The molecule has 0 radical (unpaired) electrons. The monoisotopic (exact) mass is 606 g/mol. The highest BCUT2D eigenvalue weighted by molar-refractivity contribution is 6.50. The van der Waals surface area contributed by atoms with E-state index in [0.29, 0.717) is 22.6 Å². The van der Waals surface area contributed by atoms with E-state index in [1.165, 1.54) is 0 Å². The number of benzene rings is 5. The van der Waals surface area contributed by atoms with Gasteiger partial charge in [-0.05, 0) is 23.8 Å². The third-order valence-electron chi connectivity index (χ3n) is 8.13. The molecule has 2 amide bonds. The maximum absolute atomic E-state index is 13.5. The van der Waals surface area contributed by atoms with Crippen LogP contribution in [0.1, 0.15) is 27.8 Å². The van der Waals surface area contributed by atoms with Gasteiger partial charge in [-0.15, -0.1) is 0 Å². The Morgan fingerprint density at radius 1 is 0.630 bits per heavy atom. The van der Waals surface area contributed by atoms with Crippen molar-refractivity contribution in [1.82, 2.24) is 10.3 Å². The molecular formula is C39H30N2O5. The lowest BCUT2D eigenvalue weighted by Gasteiger charge is -2.36. The summed E-state index contributed by atoms with van der Waals surface area (Å²) in [7, 11) is 0. The summed E-state index contributed by atoms with van der Waals surface area (Å²) < 4.78 is 13.1. The number of imide groups is 1. The Balaban J connectivity index is 1.46. The number of amides is 2. The lowest BCUT2D eigenvalue weighted by atomic mass is 9.80. The Kier molecular flexibility index (Phi) is 7.66. The summed E-state index contributed by atoms with van der Waals surface area (Å²) in [6, 6.07) is 42.6. The molecule has 2 heterocycles. The van der Waals surface area contributed by atoms with Gasteiger partial charge in [0.2, 0.25) is 0 Å². The van der Waals surface area contributed by atoms with Crippen LogP contribution in [0.2, 0.25) is 0 Å². The van der Waals surface area contributed by atoms with Crippen LogP contribution in [-0.4, -0.2) is 35.1 Å². The van der Waals surface area contributed by atoms with Crippen molar-refractivity contribution >= 4 is 33.9 Å². The molecule has 5 aromatic carbocycles. The zero-order chi connectivity index (χ0) is 31.5. The van der Waals surface area contributed by atoms with Crippen molar-refractivity contribution in [3.63, 3.8) is 0 Å². The van der Waals surface area contributed by atoms with Crippen molar-refractivity contribution in [1.29, 1.82) is 0 Å². The van der Waals surface area contributed by atoms with E-state index < -0.39 is 17.4 Å². The lowest BCUT2D eigenvalue weighted by molar-refractivity contribution is -0.122. The van der Waals surface area contributed by atoms with Gasteiger partial charge in [-0.3, -0.25) is 14.9 Å². The van der Waals surface area contributed by atoms with E-state index in [2.05, 4.69) is 10.3 Å². The van der Waals surface area contributed by atoms with Crippen LogP contribution in [0, 0.1) is 0 Å². The smallest absolute Gasteiger partial charge is 0.259 e. The van der Waals surface area contributed by atoms with E-state index in [-0.39, 0.29) is 24.4 Å². The highest BCUT2D eigenvalue weighted by Crippen LogP contribution is 2.44. The molecule has 0 saturated carbocycles. The first-order valence-electron chi connectivity index (χ1n) is 15.0. The van der Waals surface area contributed by atoms with Crippen LogP contribution in [0.4, 0.5) is 0 Å². The van der Waals surface area contributed by atoms with Gasteiger partial charge in [-0.2, -0.15) is 0 Å². The normalized spacial score (nSPS) is 13.2. The van der Waals surface area contributed by atoms with Crippen molar-refractivity contribution in [2.24, 2.45) is 0 Å². The maximum atomic E-state index is 13.5. The number of aliphatic hydroxyl groups is 1. The number of nitrogens with one attached hydrogen (secondary N) is 2. The van der Waals surface area contributed by atoms with Crippen LogP contribution in [0.3, 0.4) is 0 Å². The summed E-state index contributed by atoms with van der Waals surface area (Å²) in [5.74, 6) is -0.223. The second-order valence-corrected chi connectivity index (χ2v) is 10.9. The number of para-hydroxylation sites is 1. The quantitative estimate of drug-likeness (QED) is 0.123. The third kappa shape index (κ3) is 5.12. The molecule has 3 N–H and O–H groups in total. The highest BCUT2D eigenvalue weighted by atomic mass is 16.5. The predicted octanol–water partition coefficient (Wildman–Crippen LogP) is 6.48. The van der Waals surface area contributed by atoms with Crippen molar-refractivity contribution in [2.45, 2.75) is 5.60 Å². The van der Waals surface area contributed by atoms with Crippen molar-refractivity contribution in [3.8, 4) is 11.5 Å². The van der Waals surface area contributed by atoms with E-state index in [9.17, 15) is 14.7 Å². The molecule has 0 spiro atoms. The van der Waals surface area contributed by atoms with Gasteiger partial charge in [0.25, 0.3) is 11.8 Å². The minimum absolute atomic E-state index is 0.0313. The molecule has 1 aliphatic rings. The Bertz CT molecular complexity index is 1970. The van der Waals surface area contributed by atoms with Crippen LogP contribution < -0.4 is 14.8 Å². The number of carbonyl (C=O) groups excluding carboxylic acids is 2. The van der Waals surface area contributed by atoms with E-state index in [4.69, 9.17) is 9.47 Å². The van der Waals surface area contributed by atoms with Gasteiger partial charge >= 0.3 is 0 Å². The third-order valence-corrected chi connectivity index (χ3v) is 8.13. The molecule has 7 rings (SSSR count). The number of hydrogen-bond acceptors (Lipinski definition) is 5. The van der Waals surface area contributed by atoms with Gasteiger partial charge in [0, 0.05) is 45.4 Å². The Hall–Kier alpha value is -5.92. The summed E-state index contributed by atoms with van der Waals surface area (Å²) in [5.41, 5.74) is 3.95. The van der Waals surface area contributed by atoms with Gasteiger partial charge in [-0.1, -0.05) is 109 Å². The van der Waals surface area contributed by atoms with Gasteiger partial charge in [-0.25, -0.2) is 0 Å². The van der Waals surface area contributed by atoms with Gasteiger partial charge in [0.1, 0.15) is 18.1 Å². The summed E-state index contributed by atoms with van der Waals surface area (Å²) in [5, 5.41) is 12.9. The maximum Gasteiger partial charge on any atom is 0.259 e. The topological polar surface area (TPSA) is 101 Å². The molecule has 6 aromatic rings. The fourth-order valence-corrected chi connectivity index (χ4v) is 6.16. The Morgan fingerprint density at radius 3 is 1.78 bits per heavy atom. The fraction of sp³-hybridized carbons (Fsp3) is 0.0769. The van der Waals surface area contributed by atoms with E-state index in [1.54, 1.807) is 24.4 Å². The summed E-state index contributed by atoms with van der Waals surface area (Å²) in [6.07, 6.45) is 1.74. The molecule has 46 heavy (non-hydrogen) atoms. The van der Waals surface area contributed by atoms with E-state index >= 15 is 0 Å². The van der Waals surface area contributed by atoms with E-state index in [0.717, 1.165) is 27.6 Å². The number of aliphatic hydroxyl groups excluding tert-OH is 1. The lowest BCUT2D eigenvalue weighted by Crippen LogP contribution is -2.36. The average molecular weight is 607 g/mol. The molecule has 0 aliphatic carbocycles. The molecule has 7 heteroatoms. The summed E-state index contributed by atoms with van der Waals surface area (Å²) in [4.78, 5) is 30.0. The molecule has 0 bridgehead atoms. The SMILES string of the molecule is O=C1NC(=O)C(c2c[nH]c3ccccc23)=C1c1cc(OCCO)cc(OC(c2ccccc2)(c2ccccc2)c2ccccc2)c1. The second kappa shape index (κ2) is 12.2. The van der Waals surface area contributed by atoms with Crippen LogP contribution in [0.15, 0.2) is 140 Å². The molecule has 226 valence electrons. The van der Waals surface area contributed by atoms with Crippen LogP contribution in [0.25, 0.3) is 22.0 Å². The second-order valence-electron chi connectivity index (χ2n) is 10.9. The number of fused-ring (bicyclic) bond motifs is 1. The predicted molar refractivity (Wildman–Crippen MR) is 177 cm³/mol. The molecule has 0 atom stereocenters. The molecule has 0 fully saturated rings. The largest absolute Gasteiger partial charge is 0.491 e. The number of aromatic nitrogens is 1. The number of aromatic amines is 1. The number of H-pyrrole nitrogens is 1. The molecule has 0 unspecified atom stereocenters. The first kappa shape index (κ1) is 28.8. The Labute approximate surface area is 265 Å². The number of hydrogen-bond donors (Lipinski definition) is 3. The first-order chi connectivity index (χ1) is 22.6. The van der Waals surface area contributed by atoms with Crippen LogP contribution in [-0.2, 0) is 15.2 Å². The highest BCUT2D eigenvalue weighted by Gasteiger charge is 2.40. The zero-order valence-corrected chi connectivity index (χ0v) is 24.8. The number of rotatable bonds is 10. The number of carbonyl (C=O) groups is 2. The van der Waals surface area contributed by atoms with Crippen molar-refractivity contribution in [2.75, 3.05) is 13.2 Å². The molecule has 1 aromatic heterocycles. The molecule has 1 aliphatic heterocycles. The fourth-order valence-electron chi connectivity index (χ4n) is 6.16. The molecule has 7 nitrogen and oxygen atoms in total. The van der Waals surface area contributed by atoms with Gasteiger partial charge in [0.05, 0.1) is 17.8 Å².